The van der Waals surface area contributed by atoms with E-state index in [2.05, 4.69) is 17.6 Å². The van der Waals surface area contributed by atoms with Crippen LogP contribution in [0, 0.1) is 11.8 Å². The molecule has 2 heterocycles. The summed E-state index contributed by atoms with van der Waals surface area (Å²) in [5, 5.41) is 6.93. The van der Waals surface area contributed by atoms with Crippen molar-refractivity contribution in [3.63, 3.8) is 0 Å². The Morgan fingerprint density at radius 2 is 2.24 bits per heavy atom. The van der Waals surface area contributed by atoms with E-state index in [9.17, 15) is 9.59 Å². The Morgan fingerprint density at radius 3 is 2.96 bits per heavy atom. The van der Waals surface area contributed by atoms with Gasteiger partial charge in [-0.1, -0.05) is 18.5 Å². The predicted octanol–water partition coefficient (Wildman–Crippen LogP) is 1.82. The van der Waals surface area contributed by atoms with Crippen LogP contribution in [0.15, 0.2) is 18.2 Å². The third-order valence-corrected chi connectivity index (χ3v) is 5.32. The normalized spacial score (nSPS) is 26.6. The number of anilines is 1. The summed E-state index contributed by atoms with van der Waals surface area (Å²) < 4.78 is 5.33. The predicted molar refractivity (Wildman–Crippen MR) is 97.0 cm³/mol. The van der Waals surface area contributed by atoms with E-state index in [0.717, 1.165) is 19.5 Å². The molecule has 3 atom stereocenters. The Morgan fingerprint density at radius 1 is 1.44 bits per heavy atom. The summed E-state index contributed by atoms with van der Waals surface area (Å²) in [7, 11) is 1.55. The quantitative estimate of drug-likeness (QED) is 0.853. The minimum absolute atomic E-state index is 0.0580. The highest BCUT2D eigenvalue weighted by Crippen LogP contribution is 2.35. The number of carbonyl (C=O) groups is 2. The molecule has 2 N–H and O–H groups in total. The largest absolute Gasteiger partial charge is 0.495 e. The van der Waals surface area contributed by atoms with Crippen molar-refractivity contribution in [3.05, 3.63) is 23.2 Å². The van der Waals surface area contributed by atoms with Gasteiger partial charge in [0.1, 0.15) is 5.75 Å². The van der Waals surface area contributed by atoms with Crippen molar-refractivity contribution in [2.24, 2.45) is 11.8 Å². The maximum atomic E-state index is 12.6. The number of nitrogens with zero attached hydrogens (tertiary/aromatic N) is 1. The van der Waals surface area contributed by atoms with E-state index >= 15 is 0 Å². The molecule has 6 nitrogen and oxygen atoms in total. The molecule has 0 spiro atoms. The minimum Gasteiger partial charge on any atom is -0.495 e. The summed E-state index contributed by atoms with van der Waals surface area (Å²) in [6, 6.07) is 5.26. The highest BCUT2D eigenvalue weighted by atomic mass is 35.5. The van der Waals surface area contributed by atoms with Gasteiger partial charge in [-0.15, -0.1) is 0 Å². The van der Waals surface area contributed by atoms with Crippen molar-refractivity contribution in [3.8, 4) is 5.75 Å². The van der Waals surface area contributed by atoms with E-state index in [1.54, 1.807) is 30.2 Å². The summed E-state index contributed by atoms with van der Waals surface area (Å²) in [4.78, 5) is 26.7. The van der Waals surface area contributed by atoms with Gasteiger partial charge < -0.3 is 20.3 Å². The van der Waals surface area contributed by atoms with E-state index < -0.39 is 0 Å². The van der Waals surface area contributed by atoms with Gasteiger partial charge in [0.25, 0.3) is 0 Å². The van der Waals surface area contributed by atoms with Crippen molar-refractivity contribution in [2.75, 3.05) is 31.6 Å². The number of amides is 2. The maximum Gasteiger partial charge on any atom is 0.227 e. The number of nitrogens with one attached hydrogen (secondary N) is 2. The van der Waals surface area contributed by atoms with Crippen LogP contribution in [0.4, 0.5) is 5.69 Å². The molecule has 0 radical (unpaired) electrons. The molecule has 2 saturated heterocycles. The van der Waals surface area contributed by atoms with E-state index in [0.29, 0.717) is 28.9 Å². The van der Waals surface area contributed by atoms with Crippen LogP contribution in [-0.4, -0.2) is 44.6 Å². The van der Waals surface area contributed by atoms with Gasteiger partial charge in [-0.3, -0.25) is 9.59 Å². The van der Waals surface area contributed by atoms with Crippen LogP contribution in [0.25, 0.3) is 0 Å². The average molecular weight is 366 g/mol. The smallest absolute Gasteiger partial charge is 0.227 e. The van der Waals surface area contributed by atoms with Crippen LogP contribution < -0.4 is 20.3 Å². The first-order valence-corrected chi connectivity index (χ1v) is 9.02. The Hall–Kier alpha value is -1.79. The van der Waals surface area contributed by atoms with Crippen molar-refractivity contribution >= 4 is 29.1 Å². The number of ether oxygens (including phenoxy) is 1. The van der Waals surface area contributed by atoms with Gasteiger partial charge in [-0.05, 0) is 37.1 Å². The van der Waals surface area contributed by atoms with Crippen molar-refractivity contribution in [1.82, 2.24) is 10.6 Å². The van der Waals surface area contributed by atoms with Crippen molar-refractivity contribution < 1.29 is 14.3 Å². The topological polar surface area (TPSA) is 70.7 Å². The molecule has 0 aromatic heterocycles. The summed E-state index contributed by atoms with van der Waals surface area (Å²) >= 11 is 6.06. The summed E-state index contributed by atoms with van der Waals surface area (Å²) in [5.41, 5.74) is 0.614. The van der Waals surface area contributed by atoms with Crippen LogP contribution >= 0.6 is 11.6 Å². The molecular formula is C18H24ClN3O3. The number of carbonyl (C=O) groups excluding carboxylic acids is 2. The molecule has 1 aromatic rings. The number of rotatable bonds is 4. The molecule has 25 heavy (non-hydrogen) atoms. The second-order valence-electron chi connectivity index (χ2n) is 6.81. The lowest BCUT2D eigenvalue weighted by Crippen LogP contribution is -2.51. The lowest BCUT2D eigenvalue weighted by atomic mass is 9.94. The van der Waals surface area contributed by atoms with Gasteiger partial charge in [-0.2, -0.15) is 0 Å². The Balaban J connectivity index is 1.70. The lowest BCUT2D eigenvalue weighted by Gasteiger charge is -2.31. The molecule has 3 unspecified atom stereocenters. The number of benzene rings is 1. The molecule has 2 amide bonds. The molecule has 2 aliphatic rings. The first kappa shape index (κ1) is 18.0. The highest BCUT2D eigenvalue weighted by molar-refractivity contribution is 6.31. The summed E-state index contributed by atoms with van der Waals surface area (Å²) in [5.74, 6) is 0.508. The van der Waals surface area contributed by atoms with Crippen LogP contribution in [0.5, 0.6) is 5.75 Å². The Labute approximate surface area is 152 Å². The Bertz CT molecular complexity index is 667. The van der Waals surface area contributed by atoms with Gasteiger partial charge in [0, 0.05) is 30.6 Å². The van der Waals surface area contributed by atoms with Crippen LogP contribution in [0.2, 0.25) is 5.02 Å². The van der Waals surface area contributed by atoms with E-state index in [1.165, 1.54) is 0 Å². The zero-order chi connectivity index (χ0) is 18.0. The van der Waals surface area contributed by atoms with E-state index in [1.807, 2.05) is 0 Å². The molecule has 0 bridgehead atoms. The average Bonchev–Trinajstić information content (AvgIpc) is 2.98. The Kier molecular flexibility index (Phi) is 5.49. The number of halogens is 1. The van der Waals surface area contributed by atoms with Crippen LogP contribution in [0.3, 0.4) is 0 Å². The first-order chi connectivity index (χ1) is 12.0. The number of methoxy groups -OCH3 is 1. The molecule has 136 valence electrons. The second-order valence-corrected chi connectivity index (χ2v) is 7.24. The minimum atomic E-state index is -0.356. The monoisotopic (exact) mass is 365 g/mol. The number of hydrogen-bond donors (Lipinski definition) is 2. The standard InChI is InChI=1S/C18H24ClN3O3/c1-11-5-6-20-9-14(11)21-18(24)12-7-17(23)22(10-12)15-8-13(19)3-4-16(15)25-2/h3-4,8,11-12,14,20H,5-7,9-10H2,1-2H3,(H,21,24). The second kappa shape index (κ2) is 7.62. The van der Waals surface area contributed by atoms with Gasteiger partial charge in [0.15, 0.2) is 0 Å². The fraction of sp³-hybridized carbons (Fsp3) is 0.556. The lowest BCUT2D eigenvalue weighted by molar-refractivity contribution is -0.127. The molecule has 2 fully saturated rings. The first-order valence-electron chi connectivity index (χ1n) is 8.64. The van der Waals surface area contributed by atoms with Gasteiger partial charge in [-0.25, -0.2) is 0 Å². The zero-order valence-corrected chi connectivity index (χ0v) is 15.3. The maximum absolute atomic E-state index is 12.6. The third-order valence-electron chi connectivity index (χ3n) is 5.08. The van der Waals surface area contributed by atoms with E-state index in [4.69, 9.17) is 16.3 Å². The summed E-state index contributed by atoms with van der Waals surface area (Å²) in [6.07, 6.45) is 1.25. The van der Waals surface area contributed by atoms with Gasteiger partial charge >= 0.3 is 0 Å². The molecular weight excluding hydrogens is 342 g/mol. The van der Waals surface area contributed by atoms with Crippen molar-refractivity contribution in [1.29, 1.82) is 0 Å². The molecule has 7 heteroatoms. The fourth-order valence-corrected chi connectivity index (χ4v) is 3.64. The third kappa shape index (κ3) is 3.90. The fourth-order valence-electron chi connectivity index (χ4n) is 3.47. The van der Waals surface area contributed by atoms with Gasteiger partial charge in [0.2, 0.25) is 11.8 Å². The highest BCUT2D eigenvalue weighted by Gasteiger charge is 2.37. The molecule has 2 aliphatic heterocycles. The summed E-state index contributed by atoms with van der Waals surface area (Å²) in [6.45, 7) is 4.25. The van der Waals surface area contributed by atoms with Crippen molar-refractivity contribution in [2.45, 2.75) is 25.8 Å². The molecule has 1 aromatic carbocycles. The number of piperidine rings is 1. The van der Waals surface area contributed by atoms with Gasteiger partial charge in [0.05, 0.1) is 18.7 Å². The number of hydrogen-bond acceptors (Lipinski definition) is 4. The molecule has 0 saturated carbocycles. The van der Waals surface area contributed by atoms with E-state index in [-0.39, 0.29) is 30.2 Å². The molecule has 3 rings (SSSR count). The SMILES string of the molecule is COc1ccc(Cl)cc1N1CC(C(=O)NC2CNCCC2C)CC1=O. The zero-order valence-electron chi connectivity index (χ0n) is 14.5. The van der Waals surface area contributed by atoms with Crippen LogP contribution in [-0.2, 0) is 9.59 Å². The molecule has 0 aliphatic carbocycles. The van der Waals surface area contributed by atoms with Crippen LogP contribution in [0.1, 0.15) is 19.8 Å².